The Hall–Kier alpha value is -2.90. The summed E-state index contributed by atoms with van der Waals surface area (Å²) in [5.41, 5.74) is 2.73. The van der Waals surface area contributed by atoms with Crippen LogP contribution in [0.2, 0.25) is 0 Å². The molecule has 1 atom stereocenters. The van der Waals surface area contributed by atoms with Gasteiger partial charge in [0.15, 0.2) is 0 Å². The maximum absolute atomic E-state index is 13.1. The molecule has 1 aromatic carbocycles. The molecule has 3 amide bonds. The Morgan fingerprint density at radius 2 is 1.59 bits per heavy atom. The Balaban J connectivity index is 1.52. The summed E-state index contributed by atoms with van der Waals surface area (Å²) in [4.78, 5) is 55.8. The highest BCUT2D eigenvalue weighted by Crippen LogP contribution is 2.22. The molecule has 34 heavy (non-hydrogen) atoms. The quantitative estimate of drug-likeness (QED) is 0.595. The molecule has 0 N–H and O–H groups in total. The Labute approximate surface area is 202 Å². The van der Waals surface area contributed by atoms with E-state index in [0.717, 1.165) is 17.5 Å². The number of benzene rings is 1. The van der Waals surface area contributed by atoms with E-state index in [2.05, 4.69) is 0 Å². The van der Waals surface area contributed by atoms with Crippen molar-refractivity contribution in [3.05, 3.63) is 34.9 Å². The summed E-state index contributed by atoms with van der Waals surface area (Å²) in [6, 6.07) is 5.80. The molecule has 2 fully saturated rings. The fraction of sp³-hybridized carbons (Fsp3) is 0.615. The number of aryl methyl sites for hydroxylation is 2. The molecule has 8 heteroatoms. The van der Waals surface area contributed by atoms with E-state index in [0.29, 0.717) is 57.6 Å². The van der Waals surface area contributed by atoms with E-state index >= 15 is 0 Å². The van der Waals surface area contributed by atoms with Crippen LogP contribution in [0.1, 0.15) is 54.1 Å². The molecule has 2 aliphatic rings. The van der Waals surface area contributed by atoms with Crippen LogP contribution in [0.4, 0.5) is 0 Å². The summed E-state index contributed by atoms with van der Waals surface area (Å²) >= 11 is 0. The minimum Gasteiger partial charge on any atom is -0.466 e. The zero-order valence-electron chi connectivity index (χ0n) is 20.8. The van der Waals surface area contributed by atoms with Gasteiger partial charge in [0.2, 0.25) is 11.8 Å². The Morgan fingerprint density at radius 3 is 2.21 bits per heavy atom. The zero-order chi connectivity index (χ0) is 24.8. The lowest BCUT2D eigenvalue weighted by Crippen LogP contribution is -2.49. The molecule has 0 bridgehead atoms. The topological polar surface area (TPSA) is 87.2 Å². The number of piperidine rings is 2. The zero-order valence-corrected chi connectivity index (χ0v) is 20.8. The molecular formula is C26H37N3O5. The summed E-state index contributed by atoms with van der Waals surface area (Å²) in [7, 11) is 1.65. The number of hydrogen-bond acceptors (Lipinski definition) is 5. The standard InChI is InChI=1S/C26H37N3O5/c1-5-34-26(33)20-8-11-28(12-9-20)23(30)17-27(4)24(31)21-7-6-10-29(16-21)25(32)22-14-18(2)13-19(3)15-22/h13-15,20-21H,5-12,16-17H2,1-4H3. The smallest absolute Gasteiger partial charge is 0.309 e. The molecule has 0 aliphatic carbocycles. The van der Waals surface area contributed by atoms with Crippen molar-refractivity contribution in [1.29, 1.82) is 0 Å². The minimum atomic E-state index is -0.309. The monoisotopic (exact) mass is 471 g/mol. The van der Waals surface area contributed by atoms with Gasteiger partial charge in [-0.15, -0.1) is 0 Å². The molecule has 0 aromatic heterocycles. The van der Waals surface area contributed by atoms with Crippen LogP contribution in [0.3, 0.4) is 0 Å². The first-order chi connectivity index (χ1) is 16.2. The molecule has 0 spiro atoms. The van der Waals surface area contributed by atoms with E-state index in [1.54, 1.807) is 23.8 Å². The predicted octanol–water partition coefficient (Wildman–Crippen LogP) is 2.42. The van der Waals surface area contributed by atoms with Crippen LogP contribution in [0, 0.1) is 25.7 Å². The van der Waals surface area contributed by atoms with Crippen molar-refractivity contribution < 1.29 is 23.9 Å². The van der Waals surface area contributed by atoms with Gasteiger partial charge in [0.05, 0.1) is 25.0 Å². The second-order valence-corrected chi connectivity index (χ2v) is 9.57. The second kappa shape index (κ2) is 11.5. The SMILES string of the molecule is CCOC(=O)C1CCN(C(=O)CN(C)C(=O)C2CCCN(C(=O)c3cc(C)cc(C)c3)C2)CC1. The number of hydrogen-bond donors (Lipinski definition) is 0. The highest BCUT2D eigenvalue weighted by atomic mass is 16.5. The van der Waals surface area contributed by atoms with E-state index in [1.807, 2.05) is 32.0 Å². The van der Waals surface area contributed by atoms with Crippen LogP contribution in [0.15, 0.2) is 18.2 Å². The van der Waals surface area contributed by atoms with Crippen molar-refractivity contribution in [2.75, 3.05) is 46.4 Å². The number of amides is 3. The summed E-state index contributed by atoms with van der Waals surface area (Å²) in [6.07, 6.45) is 2.63. The number of likely N-dealkylation sites (tertiary alicyclic amines) is 2. The van der Waals surface area contributed by atoms with Crippen LogP contribution in [-0.4, -0.2) is 84.8 Å². The third-order valence-corrected chi connectivity index (χ3v) is 6.74. The van der Waals surface area contributed by atoms with Crippen LogP contribution in [-0.2, 0) is 19.1 Å². The van der Waals surface area contributed by atoms with Gasteiger partial charge in [0, 0.05) is 38.8 Å². The van der Waals surface area contributed by atoms with Gasteiger partial charge in [0.25, 0.3) is 5.91 Å². The number of rotatable bonds is 6. The molecule has 1 aromatic rings. The first-order valence-corrected chi connectivity index (χ1v) is 12.3. The van der Waals surface area contributed by atoms with Crippen LogP contribution in [0.25, 0.3) is 0 Å². The highest BCUT2D eigenvalue weighted by molar-refractivity contribution is 5.95. The molecule has 3 rings (SSSR count). The van der Waals surface area contributed by atoms with Gasteiger partial charge in [-0.1, -0.05) is 17.2 Å². The number of carbonyl (C=O) groups excluding carboxylic acids is 4. The highest BCUT2D eigenvalue weighted by Gasteiger charge is 2.33. The molecule has 0 radical (unpaired) electrons. The second-order valence-electron chi connectivity index (χ2n) is 9.57. The summed E-state index contributed by atoms with van der Waals surface area (Å²) in [5, 5.41) is 0. The van der Waals surface area contributed by atoms with Crippen LogP contribution >= 0.6 is 0 Å². The fourth-order valence-corrected chi connectivity index (χ4v) is 4.96. The van der Waals surface area contributed by atoms with E-state index in [4.69, 9.17) is 4.74 Å². The van der Waals surface area contributed by atoms with Crippen molar-refractivity contribution in [2.45, 2.75) is 46.5 Å². The maximum atomic E-state index is 13.1. The van der Waals surface area contributed by atoms with Crippen molar-refractivity contribution in [1.82, 2.24) is 14.7 Å². The van der Waals surface area contributed by atoms with Crippen LogP contribution in [0.5, 0.6) is 0 Å². The maximum Gasteiger partial charge on any atom is 0.309 e. The molecule has 2 saturated heterocycles. The lowest BCUT2D eigenvalue weighted by atomic mass is 9.95. The Bertz CT molecular complexity index is 903. The fourth-order valence-electron chi connectivity index (χ4n) is 4.96. The van der Waals surface area contributed by atoms with Crippen molar-refractivity contribution in [2.24, 2.45) is 11.8 Å². The largest absolute Gasteiger partial charge is 0.466 e. The third kappa shape index (κ3) is 6.36. The third-order valence-electron chi connectivity index (χ3n) is 6.74. The number of likely N-dealkylation sites (N-methyl/N-ethyl adjacent to an activating group) is 1. The average molecular weight is 472 g/mol. The molecule has 0 saturated carbocycles. The van der Waals surface area contributed by atoms with Crippen molar-refractivity contribution in [3.63, 3.8) is 0 Å². The van der Waals surface area contributed by atoms with Gasteiger partial charge in [-0.3, -0.25) is 19.2 Å². The van der Waals surface area contributed by atoms with Crippen molar-refractivity contribution >= 4 is 23.7 Å². The molecule has 2 aliphatic heterocycles. The van der Waals surface area contributed by atoms with Gasteiger partial charge < -0.3 is 19.4 Å². The normalized spacial score (nSPS) is 19.0. The van der Waals surface area contributed by atoms with Gasteiger partial charge in [-0.05, 0) is 58.6 Å². The number of ether oxygens (including phenoxy) is 1. The summed E-state index contributed by atoms with van der Waals surface area (Å²) in [5.74, 6) is -0.932. The molecular weight excluding hydrogens is 434 g/mol. The van der Waals surface area contributed by atoms with Crippen molar-refractivity contribution in [3.8, 4) is 0 Å². The first kappa shape index (κ1) is 25.7. The van der Waals surface area contributed by atoms with Crippen LogP contribution < -0.4 is 0 Å². The summed E-state index contributed by atoms with van der Waals surface area (Å²) < 4.78 is 5.08. The molecule has 186 valence electrons. The van der Waals surface area contributed by atoms with E-state index < -0.39 is 0 Å². The van der Waals surface area contributed by atoms with Gasteiger partial charge in [-0.25, -0.2) is 0 Å². The van der Waals surface area contributed by atoms with Gasteiger partial charge >= 0.3 is 5.97 Å². The number of carbonyl (C=O) groups is 4. The Morgan fingerprint density at radius 1 is 0.941 bits per heavy atom. The number of nitrogens with zero attached hydrogens (tertiary/aromatic N) is 3. The average Bonchev–Trinajstić information content (AvgIpc) is 2.82. The van der Waals surface area contributed by atoms with E-state index in [1.165, 1.54) is 4.90 Å². The lowest BCUT2D eigenvalue weighted by molar-refractivity contribution is -0.151. The number of esters is 1. The molecule has 1 unspecified atom stereocenters. The Kier molecular flexibility index (Phi) is 8.69. The van der Waals surface area contributed by atoms with Gasteiger partial charge in [0.1, 0.15) is 0 Å². The van der Waals surface area contributed by atoms with E-state index in [9.17, 15) is 19.2 Å². The predicted molar refractivity (Wildman–Crippen MR) is 128 cm³/mol. The van der Waals surface area contributed by atoms with Gasteiger partial charge in [-0.2, -0.15) is 0 Å². The minimum absolute atomic E-state index is 0.00439. The molecule has 8 nitrogen and oxygen atoms in total. The molecule has 2 heterocycles. The lowest BCUT2D eigenvalue weighted by Gasteiger charge is -2.35. The first-order valence-electron chi connectivity index (χ1n) is 12.3. The summed E-state index contributed by atoms with van der Waals surface area (Å²) in [6.45, 7) is 8.08. The van der Waals surface area contributed by atoms with E-state index in [-0.39, 0.29) is 42.1 Å².